The minimum absolute atomic E-state index is 0.145. The Morgan fingerprint density at radius 1 is 0.944 bits per heavy atom. The van der Waals surface area contributed by atoms with Gasteiger partial charge in [0.2, 0.25) is 0 Å². The first-order valence-electron chi connectivity index (χ1n) is 11.5. The molecule has 8 heteroatoms. The fraction of sp³-hybridized carbons (Fsp3) is 0.107. The van der Waals surface area contributed by atoms with E-state index in [2.05, 4.69) is 43.9 Å². The van der Waals surface area contributed by atoms with Crippen molar-refractivity contribution in [3.05, 3.63) is 102 Å². The summed E-state index contributed by atoms with van der Waals surface area (Å²) in [7, 11) is 0. The molecule has 36 heavy (non-hydrogen) atoms. The summed E-state index contributed by atoms with van der Waals surface area (Å²) < 4.78 is 1.96. The van der Waals surface area contributed by atoms with Crippen LogP contribution in [0.3, 0.4) is 0 Å². The highest BCUT2D eigenvalue weighted by Gasteiger charge is 2.17. The first-order valence-corrected chi connectivity index (χ1v) is 12.5. The lowest BCUT2D eigenvalue weighted by atomic mass is 10.0. The largest absolute Gasteiger partial charge is 0.272 e. The number of nitrogens with zero attached hydrogens (tertiary/aromatic N) is 5. The predicted octanol–water partition coefficient (Wildman–Crippen LogP) is 5.42. The summed E-state index contributed by atoms with van der Waals surface area (Å²) in [5, 5.41) is 16.0. The van der Waals surface area contributed by atoms with Gasteiger partial charge in [0.15, 0.2) is 11.0 Å². The van der Waals surface area contributed by atoms with Crippen LogP contribution < -0.4 is 5.43 Å². The van der Waals surface area contributed by atoms with E-state index in [1.807, 2.05) is 79.1 Å². The molecule has 7 nitrogen and oxygen atoms in total. The number of aromatic nitrogens is 4. The second-order valence-corrected chi connectivity index (χ2v) is 9.20. The van der Waals surface area contributed by atoms with Crippen LogP contribution in [-0.4, -0.2) is 37.1 Å². The Hall–Kier alpha value is -4.30. The molecule has 0 saturated heterocycles. The molecule has 0 fully saturated rings. The van der Waals surface area contributed by atoms with Crippen molar-refractivity contribution in [1.29, 1.82) is 0 Å². The van der Waals surface area contributed by atoms with Crippen LogP contribution in [0.4, 0.5) is 0 Å². The van der Waals surface area contributed by atoms with Gasteiger partial charge in [0.05, 0.1) is 11.5 Å². The fourth-order valence-corrected chi connectivity index (χ4v) is 4.63. The number of nitrogens with one attached hydrogen (secondary N) is 1. The number of pyridine rings is 1. The molecule has 0 bridgehead atoms. The number of carbonyl (C=O) groups is 1. The van der Waals surface area contributed by atoms with Crippen molar-refractivity contribution in [1.82, 2.24) is 25.2 Å². The number of amides is 1. The van der Waals surface area contributed by atoms with Crippen LogP contribution >= 0.6 is 11.8 Å². The highest BCUT2D eigenvalue weighted by Crippen LogP contribution is 2.28. The van der Waals surface area contributed by atoms with Gasteiger partial charge in [0.25, 0.3) is 5.91 Å². The maximum Gasteiger partial charge on any atom is 0.250 e. The maximum atomic E-state index is 12.7. The molecule has 3 aromatic carbocycles. The first-order chi connectivity index (χ1) is 17.6. The van der Waals surface area contributed by atoms with E-state index in [-0.39, 0.29) is 11.7 Å². The van der Waals surface area contributed by atoms with Gasteiger partial charge in [-0.15, -0.1) is 10.2 Å². The van der Waals surface area contributed by atoms with E-state index < -0.39 is 0 Å². The molecule has 5 rings (SSSR count). The van der Waals surface area contributed by atoms with E-state index in [4.69, 9.17) is 0 Å². The molecule has 5 aromatic rings. The smallest absolute Gasteiger partial charge is 0.250 e. The third kappa shape index (κ3) is 5.04. The average Bonchev–Trinajstić information content (AvgIpc) is 3.35. The summed E-state index contributed by atoms with van der Waals surface area (Å²) in [6.07, 6.45) is 3.44. The predicted molar refractivity (Wildman–Crippen MR) is 144 cm³/mol. The lowest BCUT2D eigenvalue weighted by Gasteiger charge is -2.10. The van der Waals surface area contributed by atoms with Gasteiger partial charge < -0.3 is 0 Å². The molecule has 178 valence electrons. The molecule has 0 aliphatic rings. The minimum atomic E-state index is -0.219. The topological polar surface area (TPSA) is 85.1 Å². The lowest BCUT2D eigenvalue weighted by Crippen LogP contribution is -2.21. The number of benzene rings is 3. The zero-order valence-electron chi connectivity index (χ0n) is 19.9. The first kappa shape index (κ1) is 23.4. The van der Waals surface area contributed by atoms with Crippen molar-refractivity contribution in [2.45, 2.75) is 19.0 Å². The molecule has 0 aliphatic heterocycles. The zero-order valence-corrected chi connectivity index (χ0v) is 20.7. The average molecular weight is 493 g/mol. The number of hydrogen-bond acceptors (Lipinski definition) is 6. The summed E-state index contributed by atoms with van der Waals surface area (Å²) in [6.45, 7) is 3.94. The van der Waals surface area contributed by atoms with Crippen molar-refractivity contribution in [2.24, 2.45) is 5.10 Å². The number of thioether (sulfide) groups is 1. The van der Waals surface area contributed by atoms with Crippen molar-refractivity contribution < 1.29 is 4.79 Å². The molecular weight excluding hydrogens is 468 g/mol. The zero-order chi connectivity index (χ0) is 24.9. The van der Waals surface area contributed by atoms with Crippen LogP contribution in [0.5, 0.6) is 0 Å². The molecule has 1 N–H and O–H groups in total. The van der Waals surface area contributed by atoms with Crippen LogP contribution in [0.1, 0.15) is 18.1 Å². The molecule has 0 unspecified atom stereocenters. The number of fused-ring (bicyclic) bond motifs is 1. The van der Waals surface area contributed by atoms with Gasteiger partial charge >= 0.3 is 0 Å². The van der Waals surface area contributed by atoms with Crippen molar-refractivity contribution >= 4 is 34.2 Å². The molecule has 2 heterocycles. The van der Waals surface area contributed by atoms with E-state index >= 15 is 0 Å². The van der Waals surface area contributed by atoms with Crippen LogP contribution in [0.25, 0.3) is 27.8 Å². The van der Waals surface area contributed by atoms with Crippen molar-refractivity contribution in [3.8, 4) is 17.1 Å². The Labute approximate surface area is 213 Å². The highest BCUT2D eigenvalue weighted by molar-refractivity contribution is 7.99. The Morgan fingerprint density at radius 3 is 2.50 bits per heavy atom. The van der Waals surface area contributed by atoms with Gasteiger partial charge in [-0.2, -0.15) is 5.10 Å². The Balaban J connectivity index is 1.34. The third-order valence-electron chi connectivity index (χ3n) is 5.72. The highest BCUT2D eigenvalue weighted by atomic mass is 32.2. The molecule has 0 atom stereocenters. The van der Waals surface area contributed by atoms with Crippen molar-refractivity contribution in [2.75, 3.05) is 5.75 Å². The Morgan fingerprint density at radius 2 is 1.69 bits per heavy atom. The number of hydrazone groups is 1. The quantitative estimate of drug-likeness (QED) is 0.186. The van der Waals surface area contributed by atoms with Crippen LogP contribution in [0, 0.1) is 6.92 Å². The summed E-state index contributed by atoms with van der Waals surface area (Å²) >= 11 is 1.31. The number of carbonyl (C=O) groups excluding carboxylic acids is 1. The van der Waals surface area contributed by atoms with E-state index in [9.17, 15) is 4.79 Å². The third-order valence-corrected chi connectivity index (χ3v) is 6.65. The summed E-state index contributed by atoms with van der Waals surface area (Å²) in [5.74, 6) is 0.615. The number of rotatable bonds is 7. The molecule has 0 spiro atoms. The Bertz CT molecular complexity index is 1540. The standard InChI is InChI=1S/C28H24N6OS/c1-19-10-12-23(13-11-19)34-27(22-14-16-29-17-15-22)32-33-28(34)36-18-26(35)31-30-20(2)24-9-5-7-21-6-3-4-8-25(21)24/h3-17H,18H2,1-2H3,(H,31,35)/b30-20-. The lowest BCUT2D eigenvalue weighted by molar-refractivity contribution is -0.118. The minimum Gasteiger partial charge on any atom is -0.272 e. The van der Waals surface area contributed by atoms with Gasteiger partial charge in [-0.25, -0.2) is 5.43 Å². The van der Waals surface area contributed by atoms with Gasteiger partial charge in [-0.1, -0.05) is 71.9 Å². The molecular formula is C28H24N6OS. The normalized spacial score (nSPS) is 11.6. The van der Waals surface area contributed by atoms with E-state index in [0.717, 1.165) is 38.9 Å². The van der Waals surface area contributed by atoms with Gasteiger partial charge in [-0.05, 0) is 48.9 Å². The van der Waals surface area contributed by atoms with Gasteiger partial charge in [-0.3, -0.25) is 14.3 Å². The summed E-state index contributed by atoms with van der Waals surface area (Å²) in [4.78, 5) is 16.8. The van der Waals surface area contributed by atoms with Crippen LogP contribution in [0.2, 0.25) is 0 Å². The van der Waals surface area contributed by atoms with E-state index in [1.54, 1.807) is 12.4 Å². The number of aryl methyl sites for hydroxylation is 1. The molecule has 0 aliphatic carbocycles. The second-order valence-electron chi connectivity index (χ2n) is 8.26. The monoisotopic (exact) mass is 492 g/mol. The maximum absolute atomic E-state index is 12.7. The van der Waals surface area contributed by atoms with Gasteiger partial charge in [0.1, 0.15) is 0 Å². The molecule has 1 amide bonds. The number of hydrogen-bond donors (Lipinski definition) is 1. The van der Waals surface area contributed by atoms with Crippen LogP contribution in [-0.2, 0) is 4.79 Å². The van der Waals surface area contributed by atoms with E-state index in [1.165, 1.54) is 11.8 Å². The van der Waals surface area contributed by atoms with Crippen molar-refractivity contribution in [3.63, 3.8) is 0 Å². The van der Waals surface area contributed by atoms with Gasteiger partial charge in [0, 0.05) is 29.2 Å². The SMILES string of the molecule is C/C(=N/NC(=O)CSc1nnc(-c2ccncc2)n1-c1ccc(C)cc1)c1cccc2ccccc12. The summed E-state index contributed by atoms with van der Waals surface area (Å²) in [5.41, 5.74) is 7.39. The molecule has 0 saturated carbocycles. The van der Waals surface area contributed by atoms with Crippen LogP contribution in [0.15, 0.2) is 102 Å². The summed E-state index contributed by atoms with van der Waals surface area (Å²) in [6, 6.07) is 26.1. The second kappa shape index (κ2) is 10.5. The Kier molecular flexibility index (Phi) is 6.86. The molecule has 2 aromatic heterocycles. The van der Waals surface area contributed by atoms with E-state index in [0.29, 0.717) is 11.0 Å². The fourth-order valence-electron chi connectivity index (χ4n) is 3.89. The molecule has 0 radical (unpaired) electrons.